The molecule has 2 aromatic rings. The number of H-pyrrole nitrogens is 1. The molecule has 37 heavy (non-hydrogen) atoms. The van der Waals surface area contributed by atoms with Crippen molar-refractivity contribution in [3.63, 3.8) is 0 Å². The van der Waals surface area contributed by atoms with E-state index in [-0.39, 0.29) is 44.1 Å². The van der Waals surface area contributed by atoms with E-state index in [1.807, 2.05) is 0 Å². The predicted molar refractivity (Wildman–Crippen MR) is 119 cm³/mol. The molecule has 0 bridgehead atoms. The van der Waals surface area contributed by atoms with Gasteiger partial charge in [0, 0.05) is 51.7 Å². The standard InChI is InChI=1S/C21H25F6N7O3/c1-33(14-3-6-34(7-4-14)19-29-9-13(10-30-19)20(22,23)24)16(35)12-37-8-2-5-28-15-11-31-32-18(36)17(15)21(25,26)27/h9-11,14H,2-8,12H2,1H3,(H2,28,32,36). The number of nitrogens with zero attached hydrogens (tertiary/aromatic N) is 5. The molecular weight excluding hydrogens is 512 g/mol. The van der Waals surface area contributed by atoms with Crippen molar-refractivity contribution in [1.82, 2.24) is 25.1 Å². The van der Waals surface area contributed by atoms with Crippen molar-refractivity contribution in [1.29, 1.82) is 0 Å². The molecule has 16 heteroatoms. The van der Waals surface area contributed by atoms with Gasteiger partial charge in [-0.05, 0) is 19.3 Å². The van der Waals surface area contributed by atoms with Crippen LogP contribution in [0.3, 0.4) is 0 Å². The SMILES string of the molecule is CN(C(=O)COCCCNc1cn[nH]c(=O)c1C(F)(F)F)C1CCN(c2ncc(C(F)(F)F)cn2)CC1. The molecular formula is C21H25F6N7O3. The van der Waals surface area contributed by atoms with Gasteiger partial charge < -0.3 is 19.9 Å². The molecule has 2 aromatic heterocycles. The van der Waals surface area contributed by atoms with Gasteiger partial charge >= 0.3 is 12.4 Å². The second-order valence-electron chi connectivity index (χ2n) is 8.31. The lowest BCUT2D eigenvalue weighted by Gasteiger charge is -2.36. The van der Waals surface area contributed by atoms with Crippen LogP contribution >= 0.6 is 0 Å². The number of piperidine rings is 1. The molecule has 0 aliphatic carbocycles. The first kappa shape index (κ1) is 28.1. The number of hydrogen-bond acceptors (Lipinski definition) is 8. The lowest BCUT2D eigenvalue weighted by molar-refractivity contribution is -0.139. The predicted octanol–water partition coefficient (Wildman–Crippen LogP) is 2.54. The molecule has 1 fully saturated rings. The number of carbonyl (C=O) groups excluding carboxylic acids is 1. The van der Waals surface area contributed by atoms with Crippen molar-refractivity contribution in [2.45, 2.75) is 37.7 Å². The maximum atomic E-state index is 13.0. The number of likely N-dealkylation sites (N-methyl/N-ethyl adjacent to an activating group) is 1. The highest BCUT2D eigenvalue weighted by Crippen LogP contribution is 2.31. The van der Waals surface area contributed by atoms with Gasteiger partial charge in [-0.3, -0.25) is 9.59 Å². The van der Waals surface area contributed by atoms with Crippen molar-refractivity contribution >= 4 is 17.5 Å². The fraction of sp³-hybridized carbons (Fsp3) is 0.571. The number of amides is 1. The summed E-state index contributed by atoms with van der Waals surface area (Å²) in [4.78, 5) is 34.8. The van der Waals surface area contributed by atoms with Crippen molar-refractivity contribution in [2.75, 3.05) is 50.1 Å². The monoisotopic (exact) mass is 537 g/mol. The van der Waals surface area contributed by atoms with Gasteiger partial charge in [0.2, 0.25) is 11.9 Å². The summed E-state index contributed by atoms with van der Waals surface area (Å²) < 4.78 is 82.4. The van der Waals surface area contributed by atoms with Crippen molar-refractivity contribution in [3.8, 4) is 0 Å². The number of rotatable bonds is 9. The summed E-state index contributed by atoms with van der Waals surface area (Å²) in [5.74, 6) is -0.0917. The summed E-state index contributed by atoms with van der Waals surface area (Å²) in [6.07, 6.45) is -5.61. The Kier molecular flexibility index (Phi) is 8.94. The number of halogens is 6. The average Bonchev–Trinajstić information content (AvgIpc) is 2.84. The number of anilines is 2. The zero-order chi connectivity index (χ0) is 27.2. The van der Waals surface area contributed by atoms with Crippen LogP contribution in [0.25, 0.3) is 0 Å². The molecule has 3 rings (SSSR count). The topological polar surface area (TPSA) is 116 Å². The summed E-state index contributed by atoms with van der Waals surface area (Å²) >= 11 is 0. The maximum absolute atomic E-state index is 13.0. The van der Waals surface area contributed by atoms with Crippen LogP contribution in [0.1, 0.15) is 30.4 Å². The van der Waals surface area contributed by atoms with Crippen LogP contribution in [-0.2, 0) is 21.9 Å². The third kappa shape index (κ3) is 7.53. The minimum atomic E-state index is -4.84. The Morgan fingerprint density at radius 2 is 1.78 bits per heavy atom. The molecule has 1 aliphatic heterocycles. The van der Waals surface area contributed by atoms with Gasteiger partial charge in [-0.1, -0.05) is 0 Å². The Balaban J connectivity index is 1.37. The Hall–Kier alpha value is -3.43. The van der Waals surface area contributed by atoms with Crippen molar-refractivity contribution in [3.05, 3.63) is 40.1 Å². The fourth-order valence-electron chi connectivity index (χ4n) is 3.76. The molecule has 1 saturated heterocycles. The highest BCUT2D eigenvalue weighted by Gasteiger charge is 2.37. The van der Waals surface area contributed by atoms with Gasteiger partial charge in [0.15, 0.2) is 0 Å². The summed E-state index contributed by atoms with van der Waals surface area (Å²) in [6, 6.07) is -0.104. The highest BCUT2D eigenvalue weighted by atomic mass is 19.4. The molecule has 1 amide bonds. The number of alkyl halides is 6. The van der Waals surface area contributed by atoms with E-state index in [0.717, 1.165) is 18.6 Å². The molecule has 3 heterocycles. The third-order valence-electron chi connectivity index (χ3n) is 5.80. The number of hydrogen-bond donors (Lipinski definition) is 2. The van der Waals surface area contributed by atoms with Gasteiger partial charge in [0.05, 0.1) is 17.4 Å². The van der Waals surface area contributed by atoms with Gasteiger partial charge in [0.1, 0.15) is 12.2 Å². The van der Waals surface area contributed by atoms with E-state index in [1.165, 1.54) is 0 Å². The molecule has 204 valence electrons. The van der Waals surface area contributed by atoms with E-state index in [0.29, 0.717) is 25.9 Å². The quantitative estimate of drug-likeness (QED) is 0.371. The van der Waals surface area contributed by atoms with Gasteiger partial charge in [-0.15, -0.1) is 0 Å². The van der Waals surface area contributed by atoms with Crippen LogP contribution in [0.4, 0.5) is 38.0 Å². The molecule has 0 atom stereocenters. The second kappa shape index (κ2) is 11.7. The lowest BCUT2D eigenvalue weighted by Crippen LogP contribution is -2.47. The Bertz CT molecular complexity index is 1100. The zero-order valence-corrected chi connectivity index (χ0v) is 19.7. The van der Waals surface area contributed by atoms with E-state index in [4.69, 9.17) is 4.74 Å². The van der Waals surface area contributed by atoms with Crippen LogP contribution in [-0.4, -0.2) is 76.9 Å². The smallest absolute Gasteiger partial charge is 0.383 e. The minimum absolute atomic E-state index is 0.0583. The highest BCUT2D eigenvalue weighted by molar-refractivity contribution is 5.77. The number of aromatic nitrogens is 4. The van der Waals surface area contributed by atoms with Crippen LogP contribution in [0.2, 0.25) is 0 Å². The lowest BCUT2D eigenvalue weighted by atomic mass is 10.0. The molecule has 0 unspecified atom stereocenters. The third-order valence-corrected chi connectivity index (χ3v) is 5.80. The van der Waals surface area contributed by atoms with Crippen LogP contribution in [0.5, 0.6) is 0 Å². The van der Waals surface area contributed by atoms with Crippen molar-refractivity contribution in [2.24, 2.45) is 0 Å². The van der Waals surface area contributed by atoms with E-state index in [2.05, 4.69) is 20.4 Å². The van der Waals surface area contributed by atoms with Crippen LogP contribution in [0, 0.1) is 0 Å². The minimum Gasteiger partial charge on any atom is -0.383 e. The first-order valence-electron chi connectivity index (χ1n) is 11.2. The molecule has 0 saturated carbocycles. The average molecular weight is 537 g/mol. The first-order chi connectivity index (χ1) is 17.4. The molecule has 1 aliphatic rings. The zero-order valence-electron chi connectivity index (χ0n) is 19.7. The van der Waals surface area contributed by atoms with E-state index < -0.39 is 34.7 Å². The van der Waals surface area contributed by atoms with E-state index in [9.17, 15) is 35.9 Å². The molecule has 0 aromatic carbocycles. The van der Waals surface area contributed by atoms with Crippen molar-refractivity contribution < 1.29 is 35.9 Å². The second-order valence-corrected chi connectivity index (χ2v) is 8.31. The Morgan fingerprint density at radius 1 is 1.14 bits per heavy atom. The van der Waals surface area contributed by atoms with Gasteiger partial charge in [-0.25, -0.2) is 15.1 Å². The number of carbonyl (C=O) groups is 1. The van der Waals surface area contributed by atoms with E-state index in [1.54, 1.807) is 21.9 Å². The summed E-state index contributed by atoms with van der Waals surface area (Å²) in [6.45, 7) is 0.838. The van der Waals surface area contributed by atoms with Crippen LogP contribution in [0.15, 0.2) is 23.4 Å². The largest absolute Gasteiger partial charge is 0.423 e. The van der Waals surface area contributed by atoms with Gasteiger partial charge in [0.25, 0.3) is 5.56 Å². The van der Waals surface area contributed by atoms with Gasteiger partial charge in [-0.2, -0.15) is 31.4 Å². The fourth-order valence-corrected chi connectivity index (χ4v) is 3.76. The molecule has 0 spiro atoms. The first-order valence-corrected chi connectivity index (χ1v) is 11.2. The number of nitrogens with one attached hydrogen (secondary N) is 2. The Labute approximate surface area is 207 Å². The molecule has 2 N–H and O–H groups in total. The molecule has 0 radical (unpaired) electrons. The maximum Gasteiger partial charge on any atom is 0.423 e. The normalized spacial score (nSPS) is 15.1. The Morgan fingerprint density at radius 3 is 2.38 bits per heavy atom. The van der Waals surface area contributed by atoms with Crippen LogP contribution < -0.4 is 15.8 Å². The summed E-state index contributed by atoms with van der Waals surface area (Å²) in [5.41, 5.74) is -4.08. The number of ether oxygens (including phenoxy) is 1. The number of aromatic amines is 1. The van der Waals surface area contributed by atoms with E-state index >= 15 is 0 Å². The summed E-state index contributed by atoms with van der Waals surface area (Å²) in [5, 5.41) is 7.61. The summed E-state index contributed by atoms with van der Waals surface area (Å²) in [7, 11) is 1.63. The molecule has 10 nitrogen and oxygen atoms in total.